The molecule has 1 fully saturated rings. The summed E-state index contributed by atoms with van der Waals surface area (Å²) in [4.78, 5) is 0. The predicted molar refractivity (Wildman–Crippen MR) is 36.0 cm³/mol. The molecule has 7 heteroatoms. The van der Waals surface area contributed by atoms with Crippen LogP contribution in [0.2, 0.25) is 0 Å². The molecule has 1 saturated carbocycles. The summed E-state index contributed by atoms with van der Waals surface area (Å²) in [5.41, 5.74) is 0. The van der Waals surface area contributed by atoms with E-state index in [2.05, 4.69) is 0 Å². The average molecular weight is 377 g/mol. The van der Waals surface area contributed by atoms with Crippen molar-refractivity contribution in [3.05, 3.63) is 0 Å². The van der Waals surface area contributed by atoms with Crippen LogP contribution in [0.5, 0.6) is 0 Å². The minimum absolute atomic E-state index is 0. The van der Waals surface area contributed by atoms with Gasteiger partial charge in [-0.1, -0.05) is 0 Å². The second-order valence-corrected chi connectivity index (χ2v) is 2.94. The van der Waals surface area contributed by atoms with Crippen LogP contribution in [-0.4, -0.2) is 67.3 Å². The summed E-state index contributed by atoms with van der Waals surface area (Å²) in [7, 11) is 0. The van der Waals surface area contributed by atoms with Crippen LogP contribution in [0.3, 0.4) is 0 Å². The molecule has 1 radical (unpaired) electrons. The number of hydrogen-bond donors (Lipinski definition) is 6. The van der Waals surface area contributed by atoms with Crippen molar-refractivity contribution in [2.75, 3.05) is 0 Å². The molecule has 0 saturated heterocycles. The van der Waals surface area contributed by atoms with E-state index in [1.54, 1.807) is 0 Å². The van der Waals surface area contributed by atoms with Crippen LogP contribution in [0.4, 0.5) is 0 Å². The second kappa shape index (κ2) is 4.83. The van der Waals surface area contributed by atoms with Gasteiger partial charge in [-0.15, -0.1) is 0 Å². The van der Waals surface area contributed by atoms with Crippen molar-refractivity contribution in [1.82, 2.24) is 0 Å². The van der Waals surface area contributed by atoms with Crippen molar-refractivity contribution < 1.29 is 53.0 Å². The molecule has 0 spiro atoms. The fourth-order valence-electron chi connectivity index (χ4n) is 1.21. The molecule has 0 aliphatic heterocycles. The van der Waals surface area contributed by atoms with Gasteiger partial charge in [0.05, 0.1) is 0 Å². The Morgan fingerprint density at radius 2 is 0.462 bits per heavy atom. The molecule has 0 aromatic rings. The van der Waals surface area contributed by atoms with E-state index in [-0.39, 0.29) is 22.4 Å². The molecule has 6 nitrogen and oxygen atoms in total. The van der Waals surface area contributed by atoms with Crippen molar-refractivity contribution in [3.8, 4) is 0 Å². The Kier molecular flexibility index (Phi) is 5.02. The zero-order valence-corrected chi connectivity index (χ0v) is 8.62. The quantitative estimate of drug-likeness (QED) is 0.241. The van der Waals surface area contributed by atoms with Gasteiger partial charge in [0.25, 0.3) is 0 Å². The van der Waals surface area contributed by atoms with E-state index < -0.39 is 36.6 Å². The molecule has 0 bridgehead atoms. The van der Waals surface area contributed by atoms with Gasteiger partial charge in [0.15, 0.2) is 0 Å². The van der Waals surface area contributed by atoms with Crippen LogP contribution in [0.1, 0.15) is 0 Å². The summed E-state index contributed by atoms with van der Waals surface area (Å²) in [5, 5.41) is 53.8. The van der Waals surface area contributed by atoms with Gasteiger partial charge in [-0.25, -0.2) is 0 Å². The van der Waals surface area contributed by atoms with E-state index in [1.165, 1.54) is 0 Å². The van der Waals surface area contributed by atoms with Crippen LogP contribution < -0.4 is 0 Å². The van der Waals surface area contributed by atoms with E-state index in [1.807, 2.05) is 0 Å². The van der Waals surface area contributed by atoms with Crippen molar-refractivity contribution in [2.45, 2.75) is 36.6 Å². The van der Waals surface area contributed by atoms with Gasteiger partial charge >= 0.3 is 0 Å². The van der Waals surface area contributed by atoms with Gasteiger partial charge in [-0.2, -0.15) is 0 Å². The molecular formula is C6H12AuO6. The van der Waals surface area contributed by atoms with Gasteiger partial charge in [0.1, 0.15) is 36.6 Å². The van der Waals surface area contributed by atoms with Gasteiger partial charge in [-0.05, 0) is 0 Å². The summed E-state index contributed by atoms with van der Waals surface area (Å²) < 4.78 is 0. The third-order valence-corrected chi connectivity index (χ3v) is 2.10. The fraction of sp³-hybridized carbons (Fsp3) is 1.00. The molecule has 0 aromatic heterocycles. The average Bonchev–Trinajstić information content (AvgIpc) is 2.08. The summed E-state index contributed by atoms with van der Waals surface area (Å²) in [5.74, 6) is 0. The number of rotatable bonds is 0. The van der Waals surface area contributed by atoms with Crippen molar-refractivity contribution in [3.63, 3.8) is 0 Å². The molecule has 0 heterocycles. The largest absolute Gasteiger partial charge is 0.387 e. The summed E-state index contributed by atoms with van der Waals surface area (Å²) in [6, 6.07) is 0. The van der Waals surface area contributed by atoms with Gasteiger partial charge in [-0.3, -0.25) is 0 Å². The number of aliphatic hydroxyl groups is 6. The Morgan fingerprint density at radius 1 is 0.385 bits per heavy atom. The topological polar surface area (TPSA) is 121 Å². The smallest absolute Gasteiger partial charge is 0.111 e. The van der Waals surface area contributed by atoms with E-state index in [0.717, 1.165) is 0 Å². The standard InChI is InChI=1S/C6H12O6.Au/c7-1-2(8)4(10)6(12)5(11)3(1)9;/h1-12H;. The van der Waals surface area contributed by atoms with Gasteiger partial charge < -0.3 is 30.6 Å². The molecule has 0 unspecified atom stereocenters. The maximum absolute atomic E-state index is 8.97. The Labute approximate surface area is 90.0 Å². The van der Waals surface area contributed by atoms with Crippen molar-refractivity contribution in [1.29, 1.82) is 0 Å². The van der Waals surface area contributed by atoms with Crippen LogP contribution in [0.25, 0.3) is 0 Å². The normalized spacial score (nSPS) is 51.2. The van der Waals surface area contributed by atoms with Crippen LogP contribution in [-0.2, 0) is 22.4 Å². The first kappa shape index (κ1) is 13.5. The zero-order valence-electron chi connectivity index (χ0n) is 6.45. The van der Waals surface area contributed by atoms with Gasteiger partial charge in [0, 0.05) is 22.4 Å². The predicted octanol–water partition coefficient (Wildman–Crippen LogP) is -3.84. The van der Waals surface area contributed by atoms with Crippen molar-refractivity contribution in [2.24, 2.45) is 0 Å². The van der Waals surface area contributed by atoms with Crippen LogP contribution >= 0.6 is 0 Å². The van der Waals surface area contributed by atoms with Crippen molar-refractivity contribution >= 4 is 0 Å². The molecule has 83 valence electrons. The molecule has 0 aromatic carbocycles. The number of aliphatic hydroxyl groups excluding tert-OH is 6. The first-order chi connectivity index (χ1) is 5.46. The molecule has 0 atom stereocenters. The third kappa shape index (κ3) is 2.30. The maximum atomic E-state index is 8.97. The van der Waals surface area contributed by atoms with Gasteiger partial charge in [0.2, 0.25) is 0 Å². The first-order valence-electron chi connectivity index (χ1n) is 3.55. The summed E-state index contributed by atoms with van der Waals surface area (Å²) >= 11 is 0. The fourth-order valence-corrected chi connectivity index (χ4v) is 1.21. The molecule has 1 aliphatic carbocycles. The molecular weight excluding hydrogens is 365 g/mol. The Bertz CT molecular complexity index is 109. The monoisotopic (exact) mass is 377 g/mol. The molecule has 0 amide bonds. The third-order valence-electron chi connectivity index (χ3n) is 2.10. The minimum Gasteiger partial charge on any atom is -0.387 e. The molecule has 6 N–H and O–H groups in total. The number of hydrogen-bond acceptors (Lipinski definition) is 6. The van der Waals surface area contributed by atoms with E-state index in [4.69, 9.17) is 30.6 Å². The zero-order chi connectivity index (χ0) is 9.46. The Morgan fingerprint density at radius 3 is 0.538 bits per heavy atom. The Balaban J connectivity index is 0.00000144. The Hall–Kier alpha value is 0.500. The summed E-state index contributed by atoms with van der Waals surface area (Å²) in [6.45, 7) is 0. The van der Waals surface area contributed by atoms with Crippen LogP contribution in [0, 0.1) is 0 Å². The molecule has 13 heavy (non-hydrogen) atoms. The molecule has 1 aliphatic rings. The minimum atomic E-state index is -1.64. The first-order valence-corrected chi connectivity index (χ1v) is 3.55. The summed E-state index contributed by atoms with van der Waals surface area (Å²) in [6.07, 6.45) is -9.84. The van der Waals surface area contributed by atoms with E-state index in [9.17, 15) is 0 Å². The van der Waals surface area contributed by atoms with E-state index in [0.29, 0.717) is 0 Å². The molecule has 1 rings (SSSR count). The maximum Gasteiger partial charge on any atom is 0.111 e. The SMILES string of the molecule is OC1C(O)C(O)C(O)C(O)C1O.[Au]. The van der Waals surface area contributed by atoms with E-state index >= 15 is 0 Å². The second-order valence-electron chi connectivity index (χ2n) is 2.94. The van der Waals surface area contributed by atoms with Crippen LogP contribution in [0.15, 0.2) is 0 Å².